The lowest BCUT2D eigenvalue weighted by atomic mass is 10.00. The van der Waals surface area contributed by atoms with E-state index in [0.29, 0.717) is 17.1 Å². The lowest BCUT2D eigenvalue weighted by molar-refractivity contribution is -0.140. The molecule has 0 saturated carbocycles. The van der Waals surface area contributed by atoms with E-state index in [-0.39, 0.29) is 37.2 Å². The molecule has 0 unspecified atom stereocenters. The second kappa shape index (κ2) is 15.6. The standard InChI is InChI=1S/C30H34N2O6/c1-5-7-11-21(6-2)18-25(29(35)30(36)31-20-22-12-9-8-10-13-22)32-28(34)17-15-26(33)24-19-23(37-3)14-16-27(24)38-4/h5-14,16,19,25H,2,15,17-18,20H2,1,3-4H3,(H,31,36)(H,32,34)/b7-5-,21-11+/t25-/m0/s1. The van der Waals surface area contributed by atoms with Crippen LogP contribution < -0.4 is 20.1 Å². The number of Topliss-reactive ketones (excluding diaryl/α,β-unsaturated/α-hetero) is 2. The molecule has 8 heteroatoms. The minimum Gasteiger partial charge on any atom is -0.497 e. The molecule has 0 fully saturated rings. The third-order valence-corrected chi connectivity index (χ3v) is 5.66. The maximum atomic E-state index is 13.0. The fourth-order valence-corrected chi connectivity index (χ4v) is 3.57. The van der Waals surface area contributed by atoms with Crippen molar-refractivity contribution in [3.63, 3.8) is 0 Å². The Morgan fingerprint density at radius 2 is 1.74 bits per heavy atom. The Morgan fingerprint density at radius 3 is 2.37 bits per heavy atom. The Bertz CT molecular complexity index is 1200. The predicted molar refractivity (Wildman–Crippen MR) is 146 cm³/mol. The predicted octanol–water partition coefficient (Wildman–Crippen LogP) is 4.12. The Labute approximate surface area is 223 Å². The smallest absolute Gasteiger partial charge is 0.289 e. The van der Waals surface area contributed by atoms with Crippen LogP contribution in [0.5, 0.6) is 11.5 Å². The topological polar surface area (TPSA) is 111 Å². The minimum absolute atomic E-state index is 0.0643. The van der Waals surface area contributed by atoms with Gasteiger partial charge in [0.15, 0.2) is 5.78 Å². The molecule has 0 saturated heterocycles. The van der Waals surface area contributed by atoms with Crippen LogP contribution >= 0.6 is 0 Å². The van der Waals surface area contributed by atoms with Crippen molar-refractivity contribution in [1.29, 1.82) is 0 Å². The number of ketones is 2. The van der Waals surface area contributed by atoms with Crippen molar-refractivity contribution in [3.8, 4) is 11.5 Å². The summed E-state index contributed by atoms with van der Waals surface area (Å²) in [7, 11) is 2.93. The third kappa shape index (κ3) is 9.20. The zero-order valence-electron chi connectivity index (χ0n) is 22.0. The average Bonchev–Trinajstić information content (AvgIpc) is 2.95. The van der Waals surface area contributed by atoms with E-state index in [4.69, 9.17) is 9.47 Å². The average molecular weight is 519 g/mol. The van der Waals surface area contributed by atoms with Gasteiger partial charge in [-0.1, -0.05) is 61.2 Å². The van der Waals surface area contributed by atoms with E-state index in [2.05, 4.69) is 17.2 Å². The number of carbonyl (C=O) groups excluding carboxylic acids is 4. The highest BCUT2D eigenvalue weighted by Gasteiger charge is 2.27. The van der Waals surface area contributed by atoms with Crippen molar-refractivity contribution >= 4 is 23.4 Å². The van der Waals surface area contributed by atoms with Gasteiger partial charge in [0.1, 0.15) is 17.5 Å². The van der Waals surface area contributed by atoms with Crippen molar-refractivity contribution < 1.29 is 28.7 Å². The molecule has 0 aliphatic carbocycles. The number of allylic oxidation sites excluding steroid dienone is 4. The number of benzene rings is 2. The van der Waals surface area contributed by atoms with Crippen LogP contribution in [0.15, 0.2) is 85.0 Å². The number of nitrogens with one attached hydrogen (secondary N) is 2. The van der Waals surface area contributed by atoms with Gasteiger partial charge < -0.3 is 20.1 Å². The first-order valence-corrected chi connectivity index (χ1v) is 12.2. The Hall–Kier alpha value is -4.46. The molecule has 2 N–H and O–H groups in total. The van der Waals surface area contributed by atoms with Crippen LogP contribution in [0.4, 0.5) is 0 Å². The summed E-state index contributed by atoms with van der Waals surface area (Å²) >= 11 is 0. The van der Waals surface area contributed by atoms with Crippen molar-refractivity contribution in [1.82, 2.24) is 10.6 Å². The first-order chi connectivity index (χ1) is 18.3. The molecule has 0 aromatic heterocycles. The Morgan fingerprint density at radius 1 is 1.00 bits per heavy atom. The van der Waals surface area contributed by atoms with Crippen LogP contribution in [0.3, 0.4) is 0 Å². The molecule has 0 aliphatic heterocycles. The molecule has 0 aliphatic rings. The second-order valence-corrected chi connectivity index (χ2v) is 8.32. The van der Waals surface area contributed by atoms with Crippen LogP contribution in [0.25, 0.3) is 0 Å². The number of ether oxygens (including phenoxy) is 2. The molecule has 2 amide bonds. The molecule has 2 aromatic carbocycles. The van der Waals surface area contributed by atoms with Gasteiger partial charge in [-0.15, -0.1) is 0 Å². The third-order valence-electron chi connectivity index (χ3n) is 5.66. The zero-order chi connectivity index (χ0) is 27.9. The van der Waals surface area contributed by atoms with Crippen molar-refractivity contribution in [2.75, 3.05) is 14.2 Å². The van der Waals surface area contributed by atoms with Crippen LogP contribution in [0, 0.1) is 0 Å². The first kappa shape index (κ1) is 29.8. The van der Waals surface area contributed by atoms with E-state index in [1.807, 2.05) is 43.3 Å². The maximum absolute atomic E-state index is 13.0. The summed E-state index contributed by atoms with van der Waals surface area (Å²) in [6.07, 6.45) is 6.65. The van der Waals surface area contributed by atoms with Gasteiger partial charge in [-0.2, -0.15) is 0 Å². The van der Waals surface area contributed by atoms with Crippen molar-refractivity contribution in [2.24, 2.45) is 0 Å². The first-order valence-electron chi connectivity index (χ1n) is 12.2. The summed E-state index contributed by atoms with van der Waals surface area (Å²) in [4.78, 5) is 51.3. The summed E-state index contributed by atoms with van der Waals surface area (Å²) < 4.78 is 10.4. The van der Waals surface area contributed by atoms with E-state index in [1.165, 1.54) is 14.2 Å². The van der Waals surface area contributed by atoms with Crippen LogP contribution in [-0.2, 0) is 20.9 Å². The number of methoxy groups -OCH3 is 2. The van der Waals surface area contributed by atoms with Gasteiger partial charge in [-0.3, -0.25) is 19.2 Å². The van der Waals surface area contributed by atoms with E-state index in [0.717, 1.165) is 5.56 Å². The quantitative estimate of drug-likeness (QED) is 0.209. The molecule has 0 heterocycles. The fraction of sp³-hybridized carbons (Fsp3) is 0.267. The Balaban J connectivity index is 2.11. The SMILES string of the molecule is C=C/C(=C\C=C/C)C[C@H](NC(=O)CCC(=O)c1cc(OC)ccc1OC)C(=O)C(=O)NCc1ccccc1. The van der Waals surface area contributed by atoms with Gasteiger partial charge in [0.05, 0.1) is 19.8 Å². The molecule has 8 nitrogen and oxygen atoms in total. The number of amides is 2. The lowest BCUT2D eigenvalue weighted by Crippen LogP contribution is -2.47. The molecule has 2 rings (SSSR count). The number of hydrogen-bond donors (Lipinski definition) is 2. The van der Waals surface area contributed by atoms with E-state index < -0.39 is 23.6 Å². The van der Waals surface area contributed by atoms with Crippen LogP contribution in [0.2, 0.25) is 0 Å². The van der Waals surface area contributed by atoms with Gasteiger partial charge in [0.25, 0.3) is 5.91 Å². The number of carbonyl (C=O) groups is 4. The lowest BCUT2D eigenvalue weighted by Gasteiger charge is -2.18. The monoisotopic (exact) mass is 518 g/mol. The van der Waals surface area contributed by atoms with Gasteiger partial charge in [0.2, 0.25) is 11.7 Å². The number of hydrogen-bond acceptors (Lipinski definition) is 6. The molecular formula is C30H34N2O6. The molecule has 0 bridgehead atoms. The highest BCUT2D eigenvalue weighted by Crippen LogP contribution is 2.25. The number of rotatable bonds is 15. The summed E-state index contributed by atoms with van der Waals surface area (Å²) in [5, 5.41) is 5.23. The van der Waals surface area contributed by atoms with Crippen molar-refractivity contribution in [3.05, 3.63) is 96.1 Å². The maximum Gasteiger partial charge on any atom is 0.289 e. The zero-order valence-corrected chi connectivity index (χ0v) is 22.0. The molecule has 1 atom stereocenters. The normalized spacial score (nSPS) is 11.9. The summed E-state index contributed by atoms with van der Waals surface area (Å²) in [6, 6.07) is 12.9. The van der Waals surface area contributed by atoms with Crippen LogP contribution in [0.1, 0.15) is 42.1 Å². The minimum atomic E-state index is -1.13. The summed E-state index contributed by atoms with van der Waals surface area (Å²) in [5.41, 5.74) is 1.78. The van der Waals surface area contributed by atoms with Gasteiger partial charge in [-0.05, 0) is 36.3 Å². The van der Waals surface area contributed by atoms with Crippen LogP contribution in [-0.4, -0.2) is 43.6 Å². The molecule has 0 spiro atoms. The summed E-state index contributed by atoms with van der Waals surface area (Å²) in [6.45, 7) is 5.77. The Kier molecular flexibility index (Phi) is 12.2. The van der Waals surface area contributed by atoms with Gasteiger partial charge in [0, 0.05) is 25.8 Å². The van der Waals surface area contributed by atoms with E-state index in [1.54, 1.807) is 36.4 Å². The van der Waals surface area contributed by atoms with Gasteiger partial charge in [-0.25, -0.2) is 0 Å². The molecular weight excluding hydrogens is 484 g/mol. The van der Waals surface area contributed by atoms with E-state index in [9.17, 15) is 19.2 Å². The molecule has 200 valence electrons. The molecule has 0 radical (unpaired) electrons. The largest absolute Gasteiger partial charge is 0.497 e. The van der Waals surface area contributed by atoms with Gasteiger partial charge >= 0.3 is 0 Å². The fourth-order valence-electron chi connectivity index (χ4n) is 3.57. The van der Waals surface area contributed by atoms with E-state index >= 15 is 0 Å². The highest BCUT2D eigenvalue weighted by atomic mass is 16.5. The second-order valence-electron chi connectivity index (χ2n) is 8.32. The summed E-state index contributed by atoms with van der Waals surface area (Å²) in [5.74, 6) is -1.61. The highest BCUT2D eigenvalue weighted by molar-refractivity contribution is 6.38. The van der Waals surface area contributed by atoms with Crippen molar-refractivity contribution in [2.45, 2.75) is 38.8 Å². The molecule has 38 heavy (non-hydrogen) atoms. The molecule has 2 aromatic rings.